The quantitative estimate of drug-likeness (QED) is 0.807. The first-order chi connectivity index (χ1) is 8.45. The molecule has 0 fully saturated rings. The maximum Gasteiger partial charge on any atom is 0.0628 e. The van der Waals surface area contributed by atoms with Crippen LogP contribution in [0.5, 0.6) is 0 Å². The first kappa shape index (κ1) is 15.2. The molecule has 3 nitrogen and oxygen atoms in total. The van der Waals surface area contributed by atoms with Crippen LogP contribution in [0, 0.1) is 19.8 Å². The van der Waals surface area contributed by atoms with Gasteiger partial charge in [0.25, 0.3) is 0 Å². The Hall–Kier alpha value is -0.830. The van der Waals surface area contributed by atoms with E-state index in [-0.39, 0.29) is 0 Å². The lowest BCUT2D eigenvalue weighted by Crippen LogP contribution is -2.26. The Kier molecular flexibility index (Phi) is 5.86. The van der Waals surface area contributed by atoms with Gasteiger partial charge in [0.15, 0.2) is 0 Å². The summed E-state index contributed by atoms with van der Waals surface area (Å²) in [4.78, 5) is 0. The highest BCUT2D eigenvalue weighted by molar-refractivity contribution is 5.24. The molecule has 0 amide bonds. The highest BCUT2D eigenvalue weighted by Gasteiger charge is 2.12. The number of hydrogen-bond acceptors (Lipinski definition) is 2. The van der Waals surface area contributed by atoms with Gasteiger partial charge in [0.1, 0.15) is 0 Å². The van der Waals surface area contributed by atoms with E-state index in [0.717, 1.165) is 12.3 Å². The molecule has 1 unspecified atom stereocenters. The van der Waals surface area contributed by atoms with E-state index in [1.54, 1.807) is 0 Å². The maximum absolute atomic E-state index is 4.48. The van der Waals surface area contributed by atoms with Crippen LogP contribution >= 0.6 is 0 Å². The van der Waals surface area contributed by atoms with Gasteiger partial charge in [-0.3, -0.25) is 4.68 Å². The molecular formula is C15H29N3. The summed E-state index contributed by atoms with van der Waals surface area (Å²) in [5.41, 5.74) is 3.93. The number of nitrogens with one attached hydrogen (secondary N) is 1. The summed E-state index contributed by atoms with van der Waals surface area (Å²) < 4.78 is 1.99. The molecule has 0 aliphatic heterocycles. The molecule has 0 bridgehead atoms. The maximum atomic E-state index is 4.48. The average molecular weight is 251 g/mol. The molecule has 1 rings (SSSR count). The first-order valence-electron chi connectivity index (χ1n) is 7.12. The molecule has 1 aromatic heterocycles. The van der Waals surface area contributed by atoms with Gasteiger partial charge in [0.2, 0.25) is 0 Å². The van der Waals surface area contributed by atoms with Crippen molar-refractivity contribution in [2.24, 2.45) is 13.0 Å². The second kappa shape index (κ2) is 6.93. The lowest BCUT2D eigenvalue weighted by Gasteiger charge is -2.17. The lowest BCUT2D eigenvalue weighted by molar-refractivity contribution is 0.432. The largest absolute Gasteiger partial charge is 0.317 e. The van der Waals surface area contributed by atoms with Crippen LogP contribution < -0.4 is 5.32 Å². The number of aromatic nitrogens is 2. The summed E-state index contributed by atoms with van der Waals surface area (Å²) in [5, 5.41) is 7.93. The fraction of sp³-hybridized carbons (Fsp3) is 0.800. The molecule has 104 valence electrons. The van der Waals surface area contributed by atoms with E-state index in [0.29, 0.717) is 6.04 Å². The monoisotopic (exact) mass is 251 g/mol. The van der Waals surface area contributed by atoms with Crippen molar-refractivity contribution in [3.63, 3.8) is 0 Å². The Morgan fingerprint density at radius 2 is 1.83 bits per heavy atom. The van der Waals surface area contributed by atoms with Gasteiger partial charge >= 0.3 is 0 Å². The van der Waals surface area contributed by atoms with E-state index in [2.05, 4.69) is 45.2 Å². The van der Waals surface area contributed by atoms with Gasteiger partial charge in [-0.2, -0.15) is 5.10 Å². The third-order valence-corrected chi connectivity index (χ3v) is 3.90. The molecule has 1 atom stereocenters. The predicted octanol–water partition coefficient (Wildman–Crippen LogP) is 2.99. The van der Waals surface area contributed by atoms with E-state index >= 15 is 0 Å². The zero-order valence-electron chi connectivity index (χ0n) is 12.9. The van der Waals surface area contributed by atoms with E-state index in [1.165, 1.54) is 36.2 Å². The highest BCUT2D eigenvalue weighted by atomic mass is 15.3. The third-order valence-electron chi connectivity index (χ3n) is 3.90. The standard InChI is InChI=1S/C15H29N3/c1-11(2)7-8-14(16-5)9-10-15-12(3)17-18(6)13(15)4/h11,14,16H,7-10H2,1-6H3. The second-order valence-corrected chi connectivity index (χ2v) is 5.77. The Morgan fingerprint density at radius 1 is 1.17 bits per heavy atom. The van der Waals surface area contributed by atoms with Crippen molar-refractivity contribution in [1.29, 1.82) is 0 Å². The van der Waals surface area contributed by atoms with Crippen molar-refractivity contribution in [3.8, 4) is 0 Å². The molecule has 0 saturated carbocycles. The minimum Gasteiger partial charge on any atom is -0.317 e. The molecule has 0 aromatic carbocycles. The van der Waals surface area contributed by atoms with Crippen molar-refractivity contribution in [2.75, 3.05) is 7.05 Å². The van der Waals surface area contributed by atoms with Gasteiger partial charge in [-0.1, -0.05) is 13.8 Å². The lowest BCUT2D eigenvalue weighted by atomic mass is 9.97. The van der Waals surface area contributed by atoms with E-state index < -0.39 is 0 Å². The minimum absolute atomic E-state index is 0.631. The van der Waals surface area contributed by atoms with E-state index in [1.807, 2.05) is 11.7 Å². The number of aryl methyl sites for hydroxylation is 2. The number of hydrogen-bond donors (Lipinski definition) is 1. The van der Waals surface area contributed by atoms with Crippen LogP contribution in [0.2, 0.25) is 0 Å². The Bertz CT molecular complexity index is 366. The molecule has 0 aliphatic carbocycles. The summed E-state index contributed by atoms with van der Waals surface area (Å²) in [6, 6.07) is 0.631. The topological polar surface area (TPSA) is 29.9 Å². The third kappa shape index (κ3) is 4.13. The van der Waals surface area contributed by atoms with Gasteiger partial charge in [-0.25, -0.2) is 0 Å². The summed E-state index contributed by atoms with van der Waals surface area (Å²) in [5.74, 6) is 0.794. The Morgan fingerprint density at radius 3 is 2.28 bits per heavy atom. The van der Waals surface area contributed by atoms with Crippen molar-refractivity contribution in [2.45, 2.75) is 59.4 Å². The van der Waals surface area contributed by atoms with Crippen molar-refractivity contribution in [1.82, 2.24) is 15.1 Å². The zero-order chi connectivity index (χ0) is 13.7. The van der Waals surface area contributed by atoms with Gasteiger partial charge in [0, 0.05) is 18.8 Å². The van der Waals surface area contributed by atoms with Crippen LogP contribution in [0.15, 0.2) is 0 Å². The van der Waals surface area contributed by atoms with E-state index in [9.17, 15) is 0 Å². The van der Waals surface area contributed by atoms with Gasteiger partial charge in [0.05, 0.1) is 5.69 Å². The first-order valence-corrected chi connectivity index (χ1v) is 7.12. The SMILES string of the molecule is CNC(CCc1c(C)nn(C)c1C)CCC(C)C. The molecule has 0 radical (unpaired) electrons. The molecule has 3 heteroatoms. The molecule has 1 heterocycles. The van der Waals surface area contributed by atoms with Crippen LogP contribution in [-0.2, 0) is 13.5 Å². The second-order valence-electron chi connectivity index (χ2n) is 5.77. The van der Waals surface area contributed by atoms with Crippen LogP contribution in [0.25, 0.3) is 0 Å². The van der Waals surface area contributed by atoms with Gasteiger partial charge in [-0.15, -0.1) is 0 Å². The average Bonchev–Trinajstić information content (AvgIpc) is 2.54. The predicted molar refractivity (Wildman–Crippen MR) is 77.9 cm³/mol. The fourth-order valence-corrected chi connectivity index (χ4v) is 2.47. The summed E-state index contributed by atoms with van der Waals surface area (Å²) >= 11 is 0. The molecule has 0 aliphatic rings. The van der Waals surface area contributed by atoms with Crippen LogP contribution in [0.4, 0.5) is 0 Å². The van der Waals surface area contributed by atoms with Gasteiger partial charge in [-0.05, 0) is 58.1 Å². The van der Waals surface area contributed by atoms with Crippen LogP contribution in [0.1, 0.15) is 50.1 Å². The van der Waals surface area contributed by atoms with Crippen molar-refractivity contribution < 1.29 is 0 Å². The highest BCUT2D eigenvalue weighted by Crippen LogP contribution is 2.17. The van der Waals surface area contributed by atoms with Crippen LogP contribution in [0.3, 0.4) is 0 Å². The molecule has 1 aromatic rings. The Labute approximate surface area is 112 Å². The van der Waals surface area contributed by atoms with Crippen molar-refractivity contribution >= 4 is 0 Å². The summed E-state index contributed by atoms with van der Waals surface area (Å²) in [7, 11) is 4.11. The Balaban J connectivity index is 2.52. The number of nitrogens with zero attached hydrogens (tertiary/aromatic N) is 2. The zero-order valence-corrected chi connectivity index (χ0v) is 12.9. The summed E-state index contributed by atoms with van der Waals surface area (Å²) in [6.45, 7) is 8.87. The summed E-state index contributed by atoms with van der Waals surface area (Å²) in [6.07, 6.45) is 4.91. The molecular weight excluding hydrogens is 222 g/mol. The van der Waals surface area contributed by atoms with Crippen LogP contribution in [-0.4, -0.2) is 22.9 Å². The molecule has 0 saturated heterocycles. The number of rotatable bonds is 7. The minimum atomic E-state index is 0.631. The fourth-order valence-electron chi connectivity index (χ4n) is 2.47. The molecule has 18 heavy (non-hydrogen) atoms. The van der Waals surface area contributed by atoms with Crippen molar-refractivity contribution in [3.05, 3.63) is 17.0 Å². The van der Waals surface area contributed by atoms with E-state index in [4.69, 9.17) is 0 Å². The smallest absolute Gasteiger partial charge is 0.0628 e. The molecule has 1 N–H and O–H groups in total. The van der Waals surface area contributed by atoms with Gasteiger partial charge < -0.3 is 5.32 Å². The molecule has 0 spiro atoms. The normalized spacial score (nSPS) is 13.3.